The van der Waals surface area contributed by atoms with Crippen molar-refractivity contribution in [2.24, 2.45) is 5.73 Å². The van der Waals surface area contributed by atoms with Gasteiger partial charge in [0.25, 0.3) is 5.91 Å². The number of aromatic nitrogens is 2. The van der Waals surface area contributed by atoms with Gasteiger partial charge >= 0.3 is 6.16 Å². The first-order valence-electron chi connectivity index (χ1n) is 10.7. The number of hydrogen-bond donors (Lipinski definition) is 5. The van der Waals surface area contributed by atoms with Gasteiger partial charge in [0, 0.05) is 46.9 Å². The quantitative estimate of drug-likeness (QED) is 0.0997. The van der Waals surface area contributed by atoms with Gasteiger partial charge in [-0.1, -0.05) is 12.1 Å². The molecular weight excluding hydrogens is 484 g/mol. The number of nitrogen functional groups attached to an aromatic ring is 1. The number of carbonyl (C=O) groups is 2. The molecule has 12 heteroatoms. The Labute approximate surface area is 208 Å². The van der Waals surface area contributed by atoms with Gasteiger partial charge < -0.3 is 30.8 Å². The van der Waals surface area contributed by atoms with Crippen molar-refractivity contribution in [2.75, 3.05) is 18.4 Å². The Bertz CT molecular complexity index is 1480. The first-order valence-corrected chi connectivity index (χ1v) is 11.6. The maximum Gasteiger partial charge on any atom is 0.511 e. The number of pyridine rings is 1. The first kappa shape index (κ1) is 24.4. The Kier molecular flexibility index (Phi) is 7.25. The van der Waals surface area contributed by atoms with Crippen LogP contribution >= 0.6 is 11.3 Å². The summed E-state index contributed by atoms with van der Waals surface area (Å²) in [5.74, 6) is -0.607. The van der Waals surface area contributed by atoms with Crippen LogP contribution in [0.25, 0.3) is 10.9 Å². The van der Waals surface area contributed by atoms with Crippen LogP contribution in [0.2, 0.25) is 0 Å². The zero-order valence-corrected chi connectivity index (χ0v) is 19.7. The van der Waals surface area contributed by atoms with Crippen molar-refractivity contribution < 1.29 is 19.4 Å². The summed E-state index contributed by atoms with van der Waals surface area (Å²) >= 11 is 1.43. The Morgan fingerprint density at radius 2 is 1.89 bits per heavy atom. The van der Waals surface area contributed by atoms with E-state index in [2.05, 4.69) is 15.6 Å². The number of fused-ring (bicyclic) bond motifs is 1. The van der Waals surface area contributed by atoms with Crippen LogP contribution in [0, 0.1) is 5.41 Å². The van der Waals surface area contributed by atoms with E-state index in [0.717, 1.165) is 5.01 Å². The van der Waals surface area contributed by atoms with E-state index in [4.69, 9.17) is 21.0 Å². The number of nitrogens with two attached hydrogens (primary N) is 1. The summed E-state index contributed by atoms with van der Waals surface area (Å²) in [5.41, 5.74) is 7.18. The van der Waals surface area contributed by atoms with Gasteiger partial charge in [-0.25, -0.2) is 9.78 Å². The highest BCUT2D eigenvalue weighted by molar-refractivity contribution is 7.09. The number of carbonyl (C=O) groups excluding carboxylic acids is 1. The molecule has 4 rings (SSSR count). The van der Waals surface area contributed by atoms with Crippen LogP contribution in [0.1, 0.15) is 20.9 Å². The lowest BCUT2D eigenvalue weighted by molar-refractivity contribution is 0.0955. The maximum absolute atomic E-state index is 12.8. The molecule has 0 atom stereocenters. The monoisotopic (exact) mass is 506 g/mol. The van der Waals surface area contributed by atoms with Crippen LogP contribution in [0.4, 0.5) is 10.5 Å². The van der Waals surface area contributed by atoms with E-state index in [1.807, 2.05) is 5.38 Å². The van der Waals surface area contributed by atoms with Gasteiger partial charge in [-0.15, -0.1) is 11.3 Å². The number of amidine groups is 1. The molecule has 0 unspecified atom stereocenters. The van der Waals surface area contributed by atoms with Crippen LogP contribution in [0.3, 0.4) is 0 Å². The fourth-order valence-corrected chi connectivity index (χ4v) is 4.15. The van der Waals surface area contributed by atoms with Gasteiger partial charge in [0.1, 0.15) is 10.8 Å². The fourth-order valence-electron chi connectivity index (χ4n) is 3.53. The van der Waals surface area contributed by atoms with Crippen LogP contribution in [-0.2, 0) is 6.54 Å². The van der Waals surface area contributed by atoms with Crippen molar-refractivity contribution >= 4 is 45.8 Å². The number of amides is 1. The molecule has 0 aliphatic carbocycles. The van der Waals surface area contributed by atoms with Gasteiger partial charge in [-0.2, -0.15) is 0 Å². The minimum atomic E-state index is -1.57. The van der Waals surface area contributed by atoms with E-state index >= 15 is 0 Å². The third-order valence-electron chi connectivity index (χ3n) is 5.23. The second kappa shape index (κ2) is 10.7. The van der Waals surface area contributed by atoms with Crippen molar-refractivity contribution in [1.82, 2.24) is 14.9 Å². The number of carboxylic acid groups (broad SMARTS) is 1. The Morgan fingerprint density at radius 1 is 1.14 bits per heavy atom. The Balaban J connectivity index is 1.47. The van der Waals surface area contributed by atoms with Crippen molar-refractivity contribution in [3.05, 3.63) is 86.6 Å². The number of ether oxygens (including phenoxy) is 1. The average Bonchev–Trinajstić information content (AvgIpc) is 3.37. The second-order valence-corrected chi connectivity index (χ2v) is 8.63. The van der Waals surface area contributed by atoms with Crippen LogP contribution < -0.4 is 26.5 Å². The third-order valence-corrected chi connectivity index (χ3v) is 6.00. The Morgan fingerprint density at radius 3 is 2.56 bits per heavy atom. The molecular formula is C24H22N6O5S. The average molecular weight is 507 g/mol. The van der Waals surface area contributed by atoms with E-state index in [-0.39, 0.29) is 17.5 Å². The second-order valence-electron chi connectivity index (χ2n) is 7.65. The minimum absolute atomic E-state index is 0.0655. The van der Waals surface area contributed by atoms with E-state index in [1.54, 1.807) is 53.2 Å². The number of rotatable bonds is 9. The molecule has 0 saturated carbocycles. The lowest BCUT2D eigenvalue weighted by Gasteiger charge is -2.14. The lowest BCUT2D eigenvalue weighted by atomic mass is 10.1. The molecule has 36 heavy (non-hydrogen) atoms. The number of benzene rings is 2. The maximum atomic E-state index is 12.8. The largest absolute Gasteiger partial charge is 0.511 e. The first-order chi connectivity index (χ1) is 17.3. The molecule has 184 valence electrons. The molecule has 0 bridgehead atoms. The third kappa shape index (κ3) is 5.67. The molecule has 0 spiro atoms. The molecule has 2 aromatic heterocycles. The number of anilines is 1. The van der Waals surface area contributed by atoms with E-state index in [0.29, 0.717) is 47.4 Å². The smallest absolute Gasteiger partial charge is 0.449 e. The number of thiazole rings is 1. The molecule has 11 nitrogen and oxygen atoms in total. The molecule has 0 fully saturated rings. The summed E-state index contributed by atoms with van der Waals surface area (Å²) in [5, 5.41) is 25.3. The molecule has 0 aliphatic heterocycles. The number of hydrogen-bond acceptors (Lipinski definition) is 8. The molecule has 0 saturated heterocycles. The predicted molar refractivity (Wildman–Crippen MR) is 136 cm³/mol. The molecule has 2 heterocycles. The summed E-state index contributed by atoms with van der Waals surface area (Å²) in [6.45, 7) is 1.08. The van der Waals surface area contributed by atoms with E-state index in [1.165, 1.54) is 17.5 Å². The molecule has 0 radical (unpaired) electrons. The highest BCUT2D eigenvalue weighted by Gasteiger charge is 2.14. The fraction of sp³-hybridized carbons (Fsp3) is 0.125. The standard InChI is InChI=1S/C24H22N6O5S/c25-22(26)14-1-3-15(4-2-14)23(32)29-8-7-27-16-5-6-17-18(11-16)30(13-20-28-9-10-36-20)12-19(21(17)31)35-24(33)34/h1-6,9-12,27H,7-8,13H2,(H3,25,26)(H,29,32)(H,33,34). The zero-order valence-electron chi connectivity index (χ0n) is 18.9. The van der Waals surface area contributed by atoms with E-state index < -0.39 is 11.6 Å². The zero-order chi connectivity index (χ0) is 25.7. The normalized spacial score (nSPS) is 10.7. The highest BCUT2D eigenvalue weighted by atomic mass is 32.1. The van der Waals surface area contributed by atoms with Gasteiger partial charge in [0.2, 0.25) is 5.43 Å². The van der Waals surface area contributed by atoms with Gasteiger partial charge in [0.15, 0.2) is 5.75 Å². The Hall–Kier alpha value is -4.71. The van der Waals surface area contributed by atoms with Crippen molar-refractivity contribution in [1.29, 1.82) is 5.41 Å². The highest BCUT2D eigenvalue weighted by Crippen LogP contribution is 2.22. The summed E-state index contributed by atoms with van der Waals surface area (Å²) in [6.07, 6.45) is 1.46. The molecule has 4 aromatic rings. The van der Waals surface area contributed by atoms with Crippen molar-refractivity contribution in [3.63, 3.8) is 0 Å². The van der Waals surface area contributed by atoms with Gasteiger partial charge in [-0.3, -0.25) is 15.0 Å². The minimum Gasteiger partial charge on any atom is -0.449 e. The number of nitrogens with zero attached hydrogens (tertiary/aromatic N) is 2. The summed E-state index contributed by atoms with van der Waals surface area (Å²) in [7, 11) is 0. The molecule has 1 amide bonds. The summed E-state index contributed by atoms with van der Waals surface area (Å²) in [4.78, 5) is 40.4. The van der Waals surface area contributed by atoms with Crippen molar-refractivity contribution in [2.45, 2.75) is 6.54 Å². The van der Waals surface area contributed by atoms with Crippen LogP contribution in [0.5, 0.6) is 5.75 Å². The molecule has 0 aliphatic rings. The molecule has 2 aromatic carbocycles. The lowest BCUT2D eigenvalue weighted by Crippen LogP contribution is -2.28. The number of nitrogens with one attached hydrogen (secondary N) is 3. The van der Waals surface area contributed by atoms with E-state index in [9.17, 15) is 14.4 Å². The predicted octanol–water partition coefficient (Wildman–Crippen LogP) is 2.69. The van der Waals surface area contributed by atoms with Gasteiger partial charge in [0.05, 0.1) is 18.3 Å². The summed E-state index contributed by atoms with van der Waals surface area (Å²) < 4.78 is 6.41. The van der Waals surface area contributed by atoms with Crippen LogP contribution in [0.15, 0.2) is 65.0 Å². The summed E-state index contributed by atoms with van der Waals surface area (Å²) in [6, 6.07) is 11.5. The SMILES string of the molecule is N=C(N)c1ccc(C(=O)NCCNc2ccc3c(=O)c(OC(=O)O)cn(Cc4nccs4)c3c2)cc1. The topological polar surface area (TPSA) is 172 Å². The van der Waals surface area contributed by atoms with Crippen molar-refractivity contribution in [3.8, 4) is 5.75 Å². The van der Waals surface area contributed by atoms with Crippen LogP contribution in [-0.4, -0.2) is 45.6 Å². The van der Waals surface area contributed by atoms with Gasteiger partial charge in [-0.05, 0) is 30.3 Å². The molecule has 6 N–H and O–H groups in total.